The number of likely N-dealkylation sites (tertiary alicyclic amines) is 2. The van der Waals surface area contributed by atoms with Crippen LogP contribution in [0.1, 0.15) is 162 Å². The molecule has 380 valence electrons. The first-order chi connectivity index (χ1) is 32.2. The first-order valence-electron chi connectivity index (χ1n) is 22.9. The van der Waals surface area contributed by atoms with Crippen LogP contribution in [-0.2, 0) is 42.9 Å². The molecule has 2 aromatic rings. The van der Waals surface area contributed by atoms with Crippen molar-refractivity contribution in [2.75, 3.05) is 26.3 Å². The molecule has 2 heterocycles. The molecule has 2 aliphatic heterocycles. The summed E-state index contributed by atoms with van der Waals surface area (Å²) in [5.74, 6) is -4.86. The molecule has 0 saturated carbocycles. The molecule has 2 amide bonds. The van der Waals surface area contributed by atoms with E-state index in [1.165, 1.54) is 60.0 Å². The maximum atomic E-state index is 13.2. The molecule has 0 aromatic heterocycles. The molecule has 0 bridgehead atoms. The van der Waals surface area contributed by atoms with E-state index in [2.05, 4.69) is 15.9 Å². The van der Waals surface area contributed by atoms with E-state index in [-0.39, 0.29) is 36.1 Å². The minimum atomic E-state index is -1.83. The maximum absolute atomic E-state index is 13.2. The second-order valence-corrected chi connectivity index (χ2v) is 19.0. The van der Waals surface area contributed by atoms with Gasteiger partial charge in [-0.25, -0.2) is 24.0 Å². The molecule has 2 aromatic carbocycles. The molecule has 4 unspecified atom stereocenters. The Morgan fingerprint density at radius 3 is 1.35 bits per heavy atom. The largest absolute Gasteiger partial charge is 0.480 e. The van der Waals surface area contributed by atoms with Crippen LogP contribution < -0.4 is 0 Å². The van der Waals surface area contributed by atoms with Crippen molar-refractivity contribution in [1.82, 2.24) is 9.80 Å². The van der Waals surface area contributed by atoms with Crippen LogP contribution in [0.2, 0.25) is 0 Å². The van der Waals surface area contributed by atoms with E-state index < -0.39 is 76.1 Å². The Balaban J connectivity index is 0.000000392. The van der Waals surface area contributed by atoms with Gasteiger partial charge in [0.05, 0.1) is 13.2 Å². The van der Waals surface area contributed by atoms with Crippen molar-refractivity contribution >= 4 is 75.1 Å². The number of esters is 3. The third-order valence-corrected chi connectivity index (χ3v) is 11.0. The van der Waals surface area contributed by atoms with Crippen LogP contribution in [0.4, 0.5) is 9.59 Å². The Morgan fingerprint density at radius 2 is 0.957 bits per heavy atom. The number of amides is 2. The highest BCUT2D eigenvalue weighted by atomic mass is 79.9. The summed E-state index contributed by atoms with van der Waals surface area (Å²) in [5.41, 5.74) is 0.0110. The van der Waals surface area contributed by atoms with Gasteiger partial charge in [0.1, 0.15) is 23.3 Å². The van der Waals surface area contributed by atoms with Gasteiger partial charge in [0.15, 0.2) is 22.2 Å². The lowest BCUT2D eigenvalue weighted by atomic mass is 10.0. The second kappa shape index (κ2) is 27.9. The molecule has 19 heteroatoms. The lowest BCUT2D eigenvalue weighted by Crippen LogP contribution is -2.49. The number of benzene rings is 2. The summed E-state index contributed by atoms with van der Waals surface area (Å²) in [5, 5.41) is 9.13. The molecule has 2 saturated heterocycles. The van der Waals surface area contributed by atoms with E-state index in [0.29, 0.717) is 55.5 Å². The number of ketones is 4. The molecule has 0 spiro atoms. The minimum absolute atomic E-state index is 0.0170. The SMILES string of the molecule is CC(C)(C)OC(=O)N1CCCCCC1C(=O)O.CCOC(=O)C(Br)C(=O)c1ccc(C(C)=O)cc1.CCOC(=O)C(OC(=O)C1CCCCCN1C(=O)OC(C)(C)C)C(=O)c1ccc(C(C)=O)cc1. The number of alkyl halides is 1. The minimum Gasteiger partial charge on any atom is -0.480 e. The number of carboxylic acids is 1. The molecule has 4 rings (SSSR count). The van der Waals surface area contributed by atoms with Crippen molar-refractivity contribution in [3.05, 3.63) is 70.8 Å². The Kier molecular flexibility index (Phi) is 23.9. The first kappa shape index (κ1) is 59.1. The topological polar surface area (TPSA) is 244 Å². The third-order valence-electron chi connectivity index (χ3n) is 10.2. The molecular weight excluding hydrogens is 964 g/mol. The van der Waals surface area contributed by atoms with Gasteiger partial charge in [-0.2, -0.15) is 0 Å². The van der Waals surface area contributed by atoms with Crippen LogP contribution in [0.15, 0.2) is 48.5 Å². The van der Waals surface area contributed by atoms with Crippen LogP contribution in [0.25, 0.3) is 0 Å². The number of carbonyl (C=O) groups excluding carboxylic acids is 9. The van der Waals surface area contributed by atoms with Crippen LogP contribution in [-0.4, -0.2) is 135 Å². The predicted octanol–water partition coefficient (Wildman–Crippen LogP) is 8.38. The van der Waals surface area contributed by atoms with Crippen molar-refractivity contribution in [2.24, 2.45) is 0 Å². The molecule has 4 atom stereocenters. The quantitative estimate of drug-likeness (QED) is 0.0651. The monoisotopic (exact) mass is 1030 g/mol. The van der Waals surface area contributed by atoms with E-state index in [9.17, 15) is 47.9 Å². The van der Waals surface area contributed by atoms with Crippen LogP contribution >= 0.6 is 15.9 Å². The number of hydrogen-bond donors (Lipinski definition) is 1. The molecule has 2 fully saturated rings. The number of nitrogens with zero attached hydrogens (tertiary/aromatic N) is 2. The summed E-state index contributed by atoms with van der Waals surface area (Å²) >= 11 is 3.00. The van der Waals surface area contributed by atoms with Gasteiger partial charge in [-0.3, -0.25) is 33.8 Å². The highest BCUT2D eigenvalue weighted by molar-refractivity contribution is 9.10. The average Bonchev–Trinajstić information content (AvgIpc) is 3.69. The predicted molar refractivity (Wildman–Crippen MR) is 255 cm³/mol. The van der Waals surface area contributed by atoms with Crippen LogP contribution in [0.5, 0.6) is 0 Å². The van der Waals surface area contributed by atoms with Crippen molar-refractivity contribution in [3.8, 4) is 0 Å². The molecule has 2 aliphatic rings. The third kappa shape index (κ3) is 19.9. The van der Waals surface area contributed by atoms with Gasteiger partial charge < -0.3 is 28.8 Å². The summed E-state index contributed by atoms with van der Waals surface area (Å²) in [6, 6.07) is 10.1. The average molecular weight is 1030 g/mol. The number of aliphatic carboxylic acids is 1. The zero-order chi connectivity index (χ0) is 52.2. The number of carbonyl (C=O) groups is 10. The molecule has 0 aliphatic carbocycles. The molecule has 0 radical (unpaired) electrons. The van der Waals surface area contributed by atoms with Gasteiger partial charge in [0.25, 0.3) is 6.10 Å². The summed E-state index contributed by atoms with van der Waals surface area (Å²) in [7, 11) is 0. The van der Waals surface area contributed by atoms with Gasteiger partial charge in [-0.15, -0.1) is 0 Å². The fraction of sp³-hybridized carbons (Fsp3) is 0.560. The first-order valence-corrected chi connectivity index (χ1v) is 23.8. The maximum Gasteiger partial charge on any atom is 0.411 e. The summed E-state index contributed by atoms with van der Waals surface area (Å²) < 4.78 is 25.8. The summed E-state index contributed by atoms with van der Waals surface area (Å²) in [6.45, 7) is 17.5. The van der Waals surface area contributed by atoms with Gasteiger partial charge >= 0.3 is 36.1 Å². The van der Waals surface area contributed by atoms with E-state index in [0.717, 1.165) is 25.7 Å². The van der Waals surface area contributed by atoms with E-state index >= 15 is 0 Å². The van der Waals surface area contributed by atoms with Gasteiger partial charge in [0.2, 0.25) is 5.78 Å². The molecule has 1 N–H and O–H groups in total. The zero-order valence-corrected chi connectivity index (χ0v) is 42.8. The smallest absolute Gasteiger partial charge is 0.411 e. The number of Topliss-reactive ketones (excluding diaryl/α,β-unsaturated/α-hetero) is 4. The summed E-state index contributed by atoms with van der Waals surface area (Å²) in [6.07, 6.45) is 2.62. The summed E-state index contributed by atoms with van der Waals surface area (Å²) in [4.78, 5) is 122. The fourth-order valence-electron chi connectivity index (χ4n) is 6.78. The molecular formula is C50H67BrN2O16. The van der Waals surface area contributed by atoms with E-state index in [4.69, 9.17) is 28.8 Å². The molecule has 18 nitrogen and oxygen atoms in total. The lowest BCUT2D eigenvalue weighted by molar-refractivity contribution is -0.167. The number of carboxylic acid groups (broad SMARTS) is 1. The Labute approximate surface area is 412 Å². The van der Waals surface area contributed by atoms with E-state index in [1.807, 2.05) is 0 Å². The highest BCUT2D eigenvalue weighted by Crippen LogP contribution is 2.24. The number of hydrogen-bond acceptors (Lipinski definition) is 15. The number of ether oxygens (including phenoxy) is 5. The zero-order valence-electron chi connectivity index (χ0n) is 41.3. The number of rotatable bonds is 13. The van der Waals surface area contributed by atoms with Crippen molar-refractivity contribution in [1.29, 1.82) is 0 Å². The van der Waals surface area contributed by atoms with Crippen molar-refractivity contribution in [3.63, 3.8) is 0 Å². The lowest BCUT2D eigenvalue weighted by Gasteiger charge is -2.31. The van der Waals surface area contributed by atoms with Crippen molar-refractivity contribution in [2.45, 2.75) is 155 Å². The van der Waals surface area contributed by atoms with Crippen molar-refractivity contribution < 1.29 is 76.7 Å². The Morgan fingerprint density at radius 1 is 0.580 bits per heavy atom. The Bertz CT molecular complexity index is 2120. The van der Waals surface area contributed by atoms with E-state index in [1.54, 1.807) is 67.5 Å². The normalized spacial score (nSPS) is 16.9. The standard InChI is InChI=1S/C25H33NO8.C13H13BrO4.C12H21NO4/c1-6-32-23(30)21(20(28)18-13-11-17(12-14-18)16(2)27)33-22(29)19-10-8-7-9-15-26(19)24(31)34-25(3,4)5;1-3-18-13(17)11(14)12(16)10-6-4-9(5-7-10)8(2)15;1-12(2,3)17-11(16)13-8-6-4-5-7-9(13)10(14)15/h11-14,19,21H,6-10,15H2,1-5H3;4-7,11H,3H2,1-2H3;9H,4-8H2,1-3H3,(H,14,15). The van der Waals surface area contributed by atoms with Gasteiger partial charge in [0, 0.05) is 35.3 Å². The van der Waals surface area contributed by atoms with Crippen LogP contribution in [0, 0.1) is 0 Å². The van der Waals surface area contributed by atoms with Gasteiger partial charge in [-0.1, -0.05) is 90.1 Å². The number of halogens is 1. The second-order valence-electron chi connectivity index (χ2n) is 18.1. The highest BCUT2D eigenvalue weighted by Gasteiger charge is 2.40. The van der Waals surface area contributed by atoms with Crippen LogP contribution in [0.3, 0.4) is 0 Å². The van der Waals surface area contributed by atoms with Gasteiger partial charge in [-0.05, 0) is 94.9 Å². The molecule has 69 heavy (non-hydrogen) atoms. The Hall–Kier alpha value is -5.98. The fourth-order valence-corrected chi connectivity index (χ4v) is 7.17.